The zero-order valence-corrected chi connectivity index (χ0v) is 13.4. The van der Waals surface area contributed by atoms with Crippen molar-refractivity contribution in [3.05, 3.63) is 35.7 Å². The maximum Gasteiger partial charge on any atom is 0.240 e. The topological polar surface area (TPSA) is 54.0 Å². The Labute approximate surface area is 135 Å². The van der Waals surface area contributed by atoms with Crippen LogP contribution in [0.25, 0.3) is 11.3 Å². The molecule has 22 heavy (non-hydrogen) atoms. The molecule has 0 saturated heterocycles. The van der Waals surface area contributed by atoms with Gasteiger partial charge in [0.2, 0.25) is 5.91 Å². The van der Waals surface area contributed by atoms with Crippen LogP contribution >= 0.6 is 11.3 Å². The van der Waals surface area contributed by atoms with Gasteiger partial charge in [-0.3, -0.25) is 4.79 Å². The molecule has 0 spiro atoms. The number of hydrogen-bond donors (Lipinski definition) is 2. The van der Waals surface area contributed by atoms with Crippen LogP contribution in [0.3, 0.4) is 0 Å². The highest BCUT2D eigenvalue weighted by Crippen LogP contribution is 2.24. The molecule has 0 radical (unpaired) electrons. The average molecular weight is 315 g/mol. The normalized spacial score (nSPS) is 15.6. The van der Waals surface area contributed by atoms with Crippen molar-refractivity contribution >= 4 is 22.4 Å². The van der Waals surface area contributed by atoms with Gasteiger partial charge in [-0.05, 0) is 12.8 Å². The van der Waals surface area contributed by atoms with Crippen LogP contribution in [0.15, 0.2) is 35.7 Å². The minimum absolute atomic E-state index is 0.0143. The van der Waals surface area contributed by atoms with Crippen LogP contribution in [-0.2, 0) is 4.79 Å². The lowest BCUT2D eigenvalue weighted by Crippen LogP contribution is -2.37. The summed E-state index contributed by atoms with van der Waals surface area (Å²) in [5, 5.41) is 8.86. The number of nitrogens with one attached hydrogen (secondary N) is 2. The van der Waals surface area contributed by atoms with E-state index in [9.17, 15) is 4.79 Å². The molecule has 3 rings (SSSR count). The third-order valence-electron chi connectivity index (χ3n) is 3.98. The number of thiazole rings is 1. The summed E-state index contributed by atoms with van der Waals surface area (Å²) in [5.41, 5.74) is 1.97. The summed E-state index contributed by atoms with van der Waals surface area (Å²) >= 11 is 1.46. The molecule has 1 heterocycles. The first-order chi connectivity index (χ1) is 10.8. The number of hydrogen-bond acceptors (Lipinski definition) is 4. The van der Waals surface area contributed by atoms with Crippen LogP contribution in [0.4, 0.5) is 5.13 Å². The quantitative estimate of drug-likeness (QED) is 0.885. The van der Waals surface area contributed by atoms with Gasteiger partial charge in [0.25, 0.3) is 0 Å². The molecule has 0 aliphatic heterocycles. The van der Waals surface area contributed by atoms with Crippen LogP contribution < -0.4 is 10.6 Å². The minimum Gasteiger partial charge on any atom is -0.306 e. The summed E-state index contributed by atoms with van der Waals surface area (Å²) in [6.45, 7) is 0.366. The van der Waals surface area contributed by atoms with Crippen molar-refractivity contribution in [1.82, 2.24) is 10.3 Å². The molecular formula is C17H21N3OS. The van der Waals surface area contributed by atoms with E-state index in [2.05, 4.69) is 15.6 Å². The first-order valence-corrected chi connectivity index (χ1v) is 8.73. The number of carbonyl (C=O) groups excluding carboxylic acids is 1. The Morgan fingerprint density at radius 1 is 1.18 bits per heavy atom. The summed E-state index contributed by atoms with van der Waals surface area (Å²) in [7, 11) is 0. The number of amides is 1. The van der Waals surface area contributed by atoms with Crippen LogP contribution in [0, 0.1) is 0 Å². The highest BCUT2D eigenvalue weighted by atomic mass is 32.1. The van der Waals surface area contributed by atoms with Crippen LogP contribution in [0.2, 0.25) is 0 Å². The molecule has 1 saturated carbocycles. The molecule has 1 aliphatic carbocycles. The lowest BCUT2D eigenvalue weighted by atomic mass is 9.95. The van der Waals surface area contributed by atoms with Gasteiger partial charge in [-0.1, -0.05) is 49.6 Å². The molecule has 1 amide bonds. The molecule has 1 aliphatic rings. The van der Waals surface area contributed by atoms with Crippen molar-refractivity contribution in [3.8, 4) is 11.3 Å². The van der Waals surface area contributed by atoms with E-state index < -0.39 is 0 Å². The van der Waals surface area contributed by atoms with Crippen molar-refractivity contribution in [3.63, 3.8) is 0 Å². The standard InChI is InChI=1S/C17H21N3OS/c21-16(11-18-14-9-5-2-6-10-14)20-17-19-15(12-22-17)13-7-3-1-4-8-13/h1,3-4,7-8,12,14,18H,2,5-6,9-11H2,(H,19,20,21). The van der Waals surface area contributed by atoms with Gasteiger partial charge in [-0.2, -0.15) is 0 Å². The van der Waals surface area contributed by atoms with E-state index in [1.807, 2.05) is 35.7 Å². The van der Waals surface area contributed by atoms with Gasteiger partial charge in [0.05, 0.1) is 12.2 Å². The fourth-order valence-electron chi connectivity index (χ4n) is 2.78. The Bertz CT molecular complexity index is 605. The fourth-order valence-corrected chi connectivity index (χ4v) is 3.52. The van der Waals surface area contributed by atoms with E-state index in [4.69, 9.17) is 0 Å². The second kappa shape index (κ2) is 7.51. The van der Waals surface area contributed by atoms with Gasteiger partial charge in [0.15, 0.2) is 5.13 Å². The highest BCUT2D eigenvalue weighted by Gasteiger charge is 2.14. The van der Waals surface area contributed by atoms with Gasteiger partial charge < -0.3 is 10.6 Å². The predicted octanol–water partition coefficient (Wildman–Crippen LogP) is 3.67. The third-order valence-corrected chi connectivity index (χ3v) is 4.73. The number of nitrogens with zero attached hydrogens (tertiary/aromatic N) is 1. The number of anilines is 1. The lowest BCUT2D eigenvalue weighted by Gasteiger charge is -2.22. The predicted molar refractivity (Wildman–Crippen MR) is 91.1 cm³/mol. The number of benzene rings is 1. The first kappa shape index (κ1) is 15.2. The maximum atomic E-state index is 12.0. The molecule has 2 N–H and O–H groups in total. The van der Waals surface area contributed by atoms with Crippen LogP contribution in [0.5, 0.6) is 0 Å². The molecule has 0 bridgehead atoms. The van der Waals surface area contributed by atoms with Gasteiger partial charge in [0, 0.05) is 17.0 Å². The highest BCUT2D eigenvalue weighted by molar-refractivity contribution is 7.14. The van der Waals surface area contributed by atoms with E-state index in [1.54, 1.807) is 0 Å². The summed E-state index contributed by atoms with van der Waals surface area (Å²) in [4.78, 5) is 16.5. The zero-order chi connectivity index (χ0) is 15.2. The van der Waals surface area contributed by atoms with E-state index in [0.29, 0.717) is 17.7 Å². The molecule has 1 fully saturated rings. The minimum atomic E-state index is -0.0143. The number of aromatic nitrogens is 1. The third kappa shape index (κ3) is 4.15. The van der Waals surface area contributed by atoms with Gasteiger partial charge >= 0.3 is 0 Å². The van der Waals surface area contributed by atoms with E-state index in [0.717, 1.165) is 11.3 Å². The Balaban J connectivity index is 1.50. The fraction of sp³-hybridized carbons (Fsp3) is 0.412. The molecule has 5 heteroatoms. The Hall–Kier alpha value is -1.72. The molecule has 116 valence electrons. The van der Waals surface area contributed by atoms with Crippen molar-refractivity contribution in [2.45, 2.75) is 38.1 Å². The number of carbonyl (C=O) groups is 1. The Morgan fingerprint density at radius 2 is 1.95 bits per heavy atom. The average Bonchev–Trinajstić information content (AvgIpc) is 3.03. The Kier molecular flexibility index (Phi) is 5.19. The van der Waals surface area contributed by atoms with Gasteiger partial charge in [0.1, 0.15) is 0 Å². The van der Waals surface area contributed by atoms with Crippen molar-refractivity contribution in [2.75, 3.05) is 11.9 Å². The maximum absolute atomic E-state index is 12.0. The van der Waals surface area contributed by atoms with Gasteiger partial charge in [-0.15, -0.1) is 11.3 Å². The number of rotatable bonds is 5. The molecule has 1 aromatic heterocycles. The molecule has 0 atom stereocenters. The van der Waals surface area contributed by atoms with Crippen LogP contribution in [-0.4, -0.2) is 23.5 Å². The summed E-state index contributed by atoms with van der Waals surface area (Å²) < 4.78 is 0. The second-order valence-corrected chi connectivity index (χ2v) is 6.53. The summed E-state index contributed by atoms with van der Waals surface area (Å²) in [6.07, 6.45) is 6.23. The largest absolute Gasteiger partial charge is 0.306 e. The van der Waals surface area contributed by atoms with E-state index >= 15 is 0 Å². The van der Waals surface area contributed by atoms with Crippen molar-refractivity contribution < 1.29 is 4.79 Å². The molecule has 0 unspecified atom stereocenters. The summed E-state index contributed by atoms with van der Waals surface area (Å²) in [6, 6.07) is 10.5. The smallest absolute Gasteiger partial charge is 0.240 e. The molecular weight excluding hydrogens is 294 g/mol. The van der Waals surface area contributed by atoms with E-state index in [-0.39, 0.29) is 5.91 Å². The SMILES string of the molecule is O=C(CNC1CCCCC1)Nc1nc(-c2ccccc2)cs1. The van der Waals surface area contributed by atoms with E-state index in [1.165, 1.54) is 43.4 Å². The Morgan fingerprint density at radius 3 is 2.73 bits per heavy atom. The van der Waals surface area contributed by atoms with Crippen molar-refractivity contribution in [1.29, 1.82) is 0 Å². The molecule has 4 nitrogen and oxygen atoms in total. The second-order valence-electron chi connectivity index (χ2n) is 5.67. The zero-order valence-electron chi connectivity index (χ0n) is 12.5. The monoisotopic (exact) mass is 315 g/mol. The molecule has 2 aromatic rings. The van der Waals surface area contributed by atoms with Gasteiger partial charge in [-0.25, -0.2) is 4.98 Å². The first-order valence-electron chi connectivity index (χ1n) is 7.85. The summed E-state index contributed by atoms with van der Waals surface area (Å²) in [5.74, 6) is -0.0143. The lowest BCUT2D eigenvalue weighted by molar-refractivity contribution is -0.115. The van der Waals surface area contributed by atoms with Crippen molar-refractivity contribution in [2.24, 2.45) is 0 Å². The van der Waals surface area contributed by atoms with Crippen LogP contribution in [0.1, 0.15) is 32.1 Å². The molecule has 1 aromatic carbocycles.